The van der Waals surface area contributed by atoms with Gasteiger partial charge in [0, 0.05) is 17.7 Å². The first-order valence-corrected chi connectivity index (χ1v) is 7.04. The maximum Gasteiger partial charge on any atom is 0.170 e. The average molecular weight is 271 g/mol. The Morgan fingerprint density at radius 2 is 2.33 bits per heavy atom. The van der Waals surface area contributed by atoms with Crippen LogP contribution in [0.3, 0.4) is 0 Å². The Hall–Kier alpha value is -1.27. The monoisotopic (exact) mass is 271 g/mol. The molecule has 100 valence electrons. The minimum absolute atomic E-state index is 0.0895. The van der Waals surface area contributed by atoms with Crippen LogP contribution in [0.5, 0.6) is 0 Å². The predicted octanol–water partition coefficient (Wildman–Crippen LogP) is 1.76. The Labute approximate surface area is 110 Å². The maximum absolute atomic E-state index is 13.7. The lowest BCUT2D eigenvalue weighted by Gasteiger charge is -2.07. The number of hydrogen-bond donors (Lipinski definition) is 3. The van der Waals surface area contributed by atoms with E-state index in [1.807, 2.05) is 0 Å². The summed E-state index contributed by atoms with van der Waals surface area (Å²) in [6.07, 6.45) is 3.12. The molecule has 0 fully saturated rings. The third-order valence-electron chi connectivity index (χ3n) is 2.47. The average Bonchev–Trinajstić information content (AvgIpc) is 2.39. The molecule has 4 nitrogen and oxygen atoms in total. The van der Waals surface area contributed by atoms with Gasteiger partial charge in [0.2, 0.25) is 0 Å². The summed E-state index contributed by atoms with van der Waals surface area (Å²) in [5.74, 6) is 0.655. The van der Waals surface area contributed by atoms with Gasteiger partial charge in [0.15, 0.2) is 5.84 Å². The van der Waals surface area contributed by atoms with E-state index in [1.54, 1.807) is 23.9 Å². The molecular weight excluding hydrogens is 253 g/mol. The molecule has 0 aliphatic carbocycles. The van der Waals surface area contributed by atoms with Gasteiger partial charge in [0.1, 0.15) is 5.82 Å². The molecule has 0 saturated carbocycles. The molecule has 0 aliphatic rings. The highest BCUT2D eigenvalue weighted by molar-refractivity contribution is 7.98. The maximum atomic E-state index is 13.7. The molecule has 1 rings (SSSR count). The first kappa shape index (κ1) is 14.8. The van der Waals surface area contributed by atoms with Crippen LogP contribution in [0.4, 0.5) is 4.39 Å². The predicted molar refractivity (Wildman–Crippen MR) is 73.6 cm³/mol. The van der Waals surface area contributed by atoms with Crippen molar-refractivity contribution in [2.24, 2.45) is 10.9 Å². The van der Waals surface area contributed by atoms with Crippen molar-refractivity contribution in [2.75, 3.05) is 18.6 Å². The Morgan fingerprint density at radius 3 is 2.94 bits per heavy atom. The lowest BCUT2D eigenvalue weighted by Crippen LogP contribution is -2.17. The van der Waals surface area contributed by atoms with Gasteiger partial charge in [0.25, 0.3) is 0 Å². The first-order valence-electron chi connectivity index (χ1n) is 5.65. The molecule has 18 heavy (non-hydrogen) atoms. The fraction of sp³-hybridized carbons (Fsp3) is 0.417. The van der Waals surface area contributed by atoms with Gasteiger partial charge >= 0.3 is 0 Å². The van der Waals surface area contributed by atoms with Crippen LogP contribution in [-0.2, 0) is 6.54 Å². The first-order chi connectivity index (χ1) is 8.69. The third-order valence-corrected chi connectivity index (χ3v) is 3.17. The molecule has 0 bridgehead atoms. The van der Waals surface area contributed by atoms with E-state index in [0.29, 0.717) is 17.7 Å². The minimum Gasteiger partial charge on any atom is -0.409 e. The van der Waals surface area contributed by atoms with Crippen molar-refractivity contribution >= 4 is 17.6 Å². The molecule has 0 atom stereocenters. The van der Waals surface area contributed by atoms with Crippen molar-refractivity contribution in [3.63, 3.8) is 0 Å². The number of benzene rings is 1. The molecule has 1 aromatic carbocycles. The largest absolute Gasteiger partial charge is 0.409 e. The van der Waals surface area contributed by atoms with Crippen LogP contribution in [0.25, 0.3) is 0 Å². The highest BCUT2D eigenvalue weighted by atomic mass is 32.2. The molecule has 0 aliphatic heterocycles. The molecule has 1 aromatic rings. The van der Waals surface area contributed by atoms with E-state index in [2.05, 4.69) is 16.7 Å². The van der Waals surface area contributed by atoms with Crippen molar-refractivity contribution in [2.45, 2.75) is 13.0 Å². The van der Waals surface area contributed by atoms with Crippen molar-refractivity contribution in [3.05, 3.63) is 35.1 Å². The second-order valence-corrected chi connectivity index (χ2v) is 4.80. The van der Waals surface area contributed by atoms with Crippen LogP contribution < -0.4 is 11.1 Å². The molecule has 4 N–H and O–H groups in total. The van der Waals surface area contributed by atoms with E-state index >= 15 is 0 Å². The van der Waals surface area contributed by atoms with Crippen LogP contribution in [0.1, 0.15) is 17.5 Å². The Balaban J connectivity index is 2.52. The Bertz CT molecular complexity index is 412. The SMILES string of the molecule is CSCCCNCc1ccc(C(N)=NO)cc1F. The van der Waals surface area contributed by atoms with Crippen LogP contribution in [0.2, 0.25) is 0 Å². The number of nitrogens with zero attached hydrogens (tertiary/aromatic N) is 1. The molecule has 0 amide bonds. The number of hydrogen-bond acceptors (Lipinski definition) is 4. The number of oxime groups is 1. The Kier molecular flexibility index (Phi) is 6.53. The number of halogens is 1. The summed E-state index contributed by atoms with van der Waals surface area (Å²) in [7, 11) is 0. The van der Waals surface area contributed by atoms with Crippen molar-refractivity contribution in [3.8, 4) is 0 Å². The number of rotatable bonds is 7. The molecule has 6 heteroatoms. The summed E-state index contributed by atoms with van der Waals surface area (Å²) in [4.78, 5) is 0. The van der Waals surface area contributed by atoms with Crippen LogP contribution in [0, 0.1) is 5.82 Å². The quantitative estimate of drug-likeness (QED) is 0.232. The van der Waals surface area contributed by atoms with Gasteiger partial charge in [-0.2, -0.15) is 11.8 Å². The van der Waals surface area contributed by atoms with E-state index in [9.17, 15) is 4.39 Å². The lowest BCUT2D eigenvalue weighted by atomic mass is 10.1. The highest BCUT2D eigenvalue weighted by Crippen LogP contribution is 2.10. The number of nitrogens with one attached hydrogen (secondary N) is 1. The molecule has 0 heterocycles. The lowest BCUT2D eigenvalue weighted by molar-refractivity contribution is 0.318. The molecule has 0 aromatic heterocycles. The van der Waals surface area contributed by atoms with Crippen molar-refractivity contribution < 1.29 is 9.60 Å². The summed E-state index contributed by atoms with van der Waals surface area (Å²) in [5.41, 5.74) is 6.34. The molecule has 0 unspecified atom stereocenters. The zero-order valence-corrected chi connectivity index (χ0v) is 11.1. The molecule has 0 spiro atoms. The second-order valence-electron chi connectivity index (χ2n) is 3.81. The smallest absolute Gasteiger partial charge is 0.170 e. The number of thioether (sulfide) groups is 1. The van der Waals surface area contributed by atoms with E-state index in [1.165, 1.54) is 6.07 Å². The van der Waals surface area contributed by atoms with Crippen molar-refractivity contribution in [1.29, 1.82) is 0 Å². The summed E-state index contributed by atoms with van der Waals surface area (Å²) < 4.78 is 13.7. The highest BCUT2D eigenvalue weighted by Gasteiger charge is 2.05. The third kappa shape index (κ3) is 4.54. The fourth-order valence-corrected chi connectivity index (χ4v) is 1.91. The Morgan fingerprint density at radius 1 is 1.56 bits per heavy atom. The molecule has 0 radical (unpaired) electrons. The fourth-order valence-electron chi connectivity index (χ4n) is 1.47. The van der Waals surface area contributed by atoms with Gasteiger partial charge in [-0.25, -0.2) is 4.39 Å². The van der Waals surface area contributed by atoms with Gasteiger partial charge in [-0.05, 0) is 31.0 Å². The summed E-state index contributed by atoms with van der Waals surface area (Å²) in [6.45, 7) is 1.35. The zero-order valence-electron chi connectivity index (χ0n) is 10.3. The van der Waals surface area contributed by atoms with E-state index in [-0.39, 0.29) is 11.7 Å². The van der Waals surface area contributed by atoms with Gasteiger partial charge in [-0.1, -0.05) is 17.3 Å². The second kappa shape index (κ2) is 7.94. The molecule has 0 saturated heterocycles. The van der Waals surface area contributed by atoms with Gasteiger partial charge in [-0.3, -0.25) is 0 Å². The van der Waals surface area contributed by atoms with Crippen LogP contribution in [0.15, 0.2) is 23.4 Å². The van der Waals surface area contributed by atoms with E-state index in [0.717, 1.165) is 18.7 Å². The van der Waals surface area contributed by atoms with Crippen LogP contribution in [-0.4, -0.2) is 29.6 Å². The number of nitrogens with two attached hydrogens (primary N) is 1. The summed E-state index contributed by atoms with van der Waals surface area (Å²) in [6, 6.07) is 4.55. The molecular formula is C12H18FN3OS. The van der Waals surface area contributed by atoms with Gasteiger partial charge < -0.3 is 16.3 Å². The van der Waals surface area contributed by atoms with Gasteiger partial charge in [0.05, 0.1) is 0 Å². The van der Waals surface area contributed by atoms with Crippen molar-refractivity contribution in [1.82, 2.24) is 5.32 Å². The standard InChI is InChI=1S/C12H18FN3OS/c1-18-6-2-5-15-8-10-4-3-9(7-11(10)13)12(14)16-17/h3-4,7,15,17H,2,5-6,8H2,1H3,(H2,14,16). The number of amidine groups is 1. The van der Waals surface area contributed by atoms with Gasteiger partial charge in [-0.15, -0.1) is 0 Å². The zero-order chi connectivity index (χ0) is 13.4. The normalized spacial score (nSPS) is 11.8. The van der Waals surface area contributed by atoms with E-state index in [4.69, 9.17) is 10.9 Å². The summed E-state index contributed by atoms with van der Waals surface area (Å²) in [5, 5.41) is 14.5. The topological polar surface area (TPSA) is 70.6 Å². The van der Waals surface area contributed by atoms with E-state index < -0.39 is 0 Å². The summed E-state index contributed by atoms with van der Waals surface area (Å²) >= 11 is 1.79. The van der Waals surface area contributed by atoms with Crippen LogP contribution >= 0.6 is 11.8 Å². The minimum atomic E-state index is -0.350.